The van der Waals surface area contributed by atoms with E-state index < -0.39 is 0 Å². The Balaban J connectivity index is 1.83. The highest BCUT2D eigenvalue weighted by molar-refractivity contribution is 7.64. The molecule has 0 saturated carbocycles. The van der Waals surface area contributed by atoms with Crippen LogP contribution in [0, 0.1) is 0 Å². The summed E-state index contributed by atoms with van der Waals surface area (Å²) in [5.41, 5.74) is 0. The smallest absolute Gasteiger partial charge is 0.108 e. The standard InChI is InChI=1S/C16H15O2P/c1-2-8-16(9-3-1)19(12-14-6-4-10-17-14)13-15-7-5-11-18-15/h1-11H,12-13H2. The summed E-state index contributed by atoms with van der Waals surface area (Å²) in [5, 5.41) is 1.38. The molecular formula is C16H15O2P. The van der Waals surface area contributed by atoms with Crippen molar-refractivity contribution in [1.82, 2.24) is 0 Å². The molecule has 2 aromatic heterocycles. The minimum Gasteiger partial charge on any atom is -0.469 e. The highest BCUT2D eigenvalue weighted by Gasteiger charge is 2.15. The number of furan rings is 2. The summed E-state index contributed by atoms with van der Waals surface area (Å²) in [4.78, 5) is 0. The van der Waals surface area contributed by atoms with Gasteiger partial charge in [-0.05, 0) is 29.6 Å². The van der Waals surface area contributed by atoms with Crippen molar-refractivity contribution in [2.24, 2.45) is 0 Å². The second-order valence-electron chi connectivity index (χ2n) is 4.35. The Hall–Kier alpha value is -1.79. The normalized spacial score (nSPS) is 11.0. The highest BCUT2D eigenvalue weighted by Crippen LogP contribution is 2.42. The van der Waals surface area contributed by atoms with Crippen LogP contribution in [0.25, 0.3) is 0 Å². The van der Waals surface area contributed by atoms with Crippen LogP contribution in [0.3, 0.4) is 0 Å². The molecule has 2 nitrogen and oxygen atoms in total. The molecule has 0 aliphatic heterocycles. The van der Waals surface area contributed by atoms with Crippen LogP contribution in [0.1, 0.15) is 11.5 Å². The van der Waals surface area contributed by atoms with Crippen LogP contribution in [0.5, 0.6) is 0 Å². The summed E-state index contributed by atoms with van der Waals surface area (Å²) in [6.45, 7) is 0. The van der Waals surface area contributed by atoms with Gasteiger partial charge in [-0.3, -0.25) is 0 Å². The van der Waals surface area contributed by atoms with Crippen LogP contribution in [0.2, 0.25) is 0 Å². The molecule has 2 heterocycles. The van der Waals surface area contributed by atoms with Crippen molar-refractivity contribution in [3.63, 3.8) is 0 Å². The lowest BCUT2D eigenvalue weighted by Crippen LogP contribution is -2.03. The topological polar surface area (TPSA) is 26.3 Å². The Morgan fingerprint density at radius 3 is 1.74 bits per heavy atom. The van der Waals surface area contributed by atoms with Gasteiger partial charge in [-0.25, -0.2) is 0 Å². The van der Waals surface area contributed by atoms with Crippen molar-refractivity contribution in [1.29, 1.82) is 0 Å². The molecule has 1 aromatic carbocycles. The van der Waals surface area contributed by atoms with Gasteiger partial charge in [-0.1, -0.05) is 38.3 Å². The number of hydrogen-bond donors (Lipinski definition) is 0. The molecule has 0 bridgehead atoms. The van der Waals surface area contributed by atoms with Gasteiger partial charge >= 0.3 is 0 Å². The summed E-state index contributed by atoms with van der Waals surface area (Å²) in [7, 11) is -0.344. The minimum absolute atomic E-state index is 0.344. The highest BCUT2D eigenvalue weighted by atomic mass is 31.1. The third-order valence-corrected chi connectivity index (χ3v) is 5.39. The predicted octanol–water partition coefficient (Wildman–Crippen LogP) is 4.38. The third kappa shape index (κ3) is 3.15. The van der Waals surface area contributed by atoms with E-state index in [0.717, 1.165) is 23.8 Å². The molecule has 0 radical (unpaired) electrons. The molecule has 0 fully saturated rings. The van der Waals surface area contributed by atoms with E-state index in [9.17, 15) is 0 Å². The molecule has 3 aromatic rings. The maximum atomic E-state index is 5.49. The fourth-order valence-corrected chi connectivity index (χ4v) is 4.24. The molecule has 0 unspecified atom stereocenters. The number of rotatable bonds is 5. The van der Waals surface area contributed by atoms with Gasteiger partial charge in [0, 0.05) is 12.3 Å². The van der Waals surface area contributed by atoms with Gasteiger partial charge in [-0.15, -0.1) is 0 Å². The molecule has 19 heavy (non-hydrogen) atoms. The van der Waals surface area contributed by atoms with E-state index in [1.807, 2.05) is 24.3 Å². The quantitative estimate of drug-likeness (QED) is 0.643. The number of hydrogen-bond acceptors (Lipinski definition) is 2. The van der Waals surface area contributed by atoms with Gasteiger partial charge < -0.3 is 8.83 Å². The molecule has 0 spiro atoms. The maximum absolute atomic E-state index is 5.49. The Labute approximate surface area is 113 Å². The molecule has 0 aliphatic rings. The van der Waals surface area contributed by atoms with Crippen LogP contribution in [0.15, 0.2) is 76.0 Å². The molecule has 0 aliphatic carbocycles. The Kier molecular flexibility index (Phi) is 3.81. The first-order valence-corrected chi connectivity index (χ1v) is 7.98. The zero-order chi connectivity index (χ0) is 12.9. The zero-order valence-corrected chi connectivity index (χ0v) is 11.4. The minimum atomic E-state index is -0.344. The first-order chi connectivity index (χ1) is 9.42. The average Bonchev–Trinajstić information content (AvgIpc) is 3.12. The second-order valence-corrected chi connectivity index (χ2v) is 6.58. The summed E-state index contributed by atoms with van der Waals surface area (Å²) >= 11 is 0. The van der Waals surface area contributed by atoms with E-state index in [4.69, 9.17) is 8.83 Å². The van der Waals surface area contributed by atoms with Gasteiger partial charge in [-0.2, -0.15) is 0 Å². The summed E-state index contributed by atoms with van der Waals surface area (Å²) in [6, 6.07) is 18.6. The Morgan fingerprint density at radius 1 is 0.684 bits per heavy atom. The van der Waals surface area contributed by atoms with E-state index in [2.05, 4.69) is 30.3 Å². The van der Waals surface area contributed by atoms with E-state index in [0.29, 0.717) is 0 Å². The van der Waals surface area contributed by atoms with Crippen molar-refractivity contribution in [3.8, 4) is 0 Å². The van der Waals surface area contributed by atoms with Gasteiger partial charge in [0.05, 0.1) is 12.5 Å². The Bertz CT molecular complexity index is 549. The van der Waals surface area contributed by atoms with Crippen molar-refractivity contribution in [3.05, 3.63) is 78.6 Å². The van der Waals surface area contributed by atoms with Crippen molar-refractivity contribution in [2.45, 2.75) is 12.3 Å². The fraction of sp³-hybridized carbons (Fsp3) is 0.125. The lowest BCUT2D eigenvalue weighted by Gasteiger charge is -2.15. The van der Waals surface area contributed by atoms with Gasteiger partial charge in [0.1, 0.15) is 11.5 Å². The van der Waals surface area contributed by atoms with E-state index in [1.54, 1.807) is 12.5 Å². The Morgan fingerprint density at radius 2 is 1.26 bits per heavy atom. The average molecular weight is 270 g/mol. The predicted molar refractivity (Wildman–Crippen MR) is 77.8 cm³/mol. The zero-order valence-electron chi connectivity index (χ0n) is 10.5. The lowest BCUT2D eigenvalue weighted by molar-refractivity contribution is 0.524. The molecule has 3 rings (SSSR count). The first kappa shape index (κ1) is 12.3. The van der Waals surface area contributed by atoms with E-state index in [-0.39, 0.29) is 7.92 Å². The summed E-state index contributed by atoms with van der Waals surface area (Å²) in [6.07, 6.45) is 5.38. The van der Waals surface area contributed by atoms with Crippen LogP contribution >= 0.6 is 7.92 Å². The molecule has 0 amide bonds. The molecule has 0 saturated heterocycles. The van der Waals surface area contributed by atoms with Crippen molar-refractivity contribution in [2.75, 3.05) is 0 Å². The van der Waals surface area contributed by atoms with Crippen LogP contribution < -0.4 is 5.30 Å². The largest absolute Gasteiger partial charge is 0.469 e. The third-order valence-electron chi connectivity index (χ3n) is 2.97. The number of benzene rings is 1. The molecule has 3 heteroatoms. The fourth-order valence-electron chi connectivity index (χ4n) is 2.06. The lowest BCUT2D eigenvalue weighted by atomic mass is 10.4. The SMILES string of the molecule is c1ccc(P(Cc2ccco2)Cc2ccco2)cc1. The van der Waals surface area contributed by atoms with Gasteiger partial charge in [0.15, 0.2) is 0 Å². The molecule has 0 N–H and O–H groups in total. The van der Waals surface area contributed by atoms with Gasteiger partial charge in [0.2, 0.25) is 0 Å². The van der Waals surface area contributed by atoms with Crippen LogP contribution in [-0.4, -0.2) is 0 Å². The molecule has 96 valence electrons. The van der Waals surface area contributed by atoms with Crippen molar-refractivity contribution < 1.29 is 8.83 Å². The molecular weight excluding hydrogens is 255 g/mol. The van der Waals surface area contributed by atoms with Crippen molar-refractivity contribution >= 4 is 13.2 Å². The second kappa shape index (κ2) is 5.90. The molecule has 0 atom stereocenters. The summed E-state index contributed by atoms with van der Waals surface area (Å²) in [5.74, 6) is 2.09. The monoisotopic (exact) mass is 270 g/mol. The first-order valence-electron chi connectivity index (χ1n) is 6.26. The van der Waals surface area contributed by atoms with Crippen LogP contribution in [0.4, 0.5) is 0 Å². The maximum Gasteiger partial charge on any atom is 0.108 e. The van der Waals surface area contributed by atoms with E-state index >= 15 is 0 Å². The van der Waals surface area contributed by atoms with E-state index in [1.165, 1.54) is 5.30 Å². The van der Waals surface area contributed by atoms with Gasteiger partial charge in [0.25, 0.3) is 0 Å². The summed E-state index contributed by atoms with van der Waals surface area (Å²) < 4.78 is 11.0. The van der Waals surface area contributed by atoms with Crippen LogP contribution in [-0.2, 0) is 12.3 Å².